The van der Waals surface area contributed by atoms with Gasteiger partial charge in [0.25, 0.3) is 0 Å². The van der Waals surface area contributed by atoms with E-state index < -0.39 is 12.6 Å². The smallest absolute Gasteiger partial charge is 0.341 e. The molecule has 0 saturated carbocycles. The highest BCUT2D eigenvalue weighted by Crippen LogP contribution is 2.13. The molecule has 1 aromatic rings. The average molecular weight is 322 g/mol. The summed E-state index contributed by atoms with van der Waals surface area (Å²) in [7, 11) is 3.36. The second kappa shape index (κ2) is 9.45. The molecule has 0 fully saturated rings. The van der Waals surface area contributed by atoms with Crippen molar-refractivity contribution in [1.82, 2.24) is 10.2 Å². The lowest BCUT2D eigenvalue weighted by Crippen LogP contribution is -2.24. The van der Waals surface area contributed by atoms with E-state index in [1.54, 1.807) is 32.3 Å². The van der Waals surface area contributed by atoms with Gasteiger partial charge in [0.2, 0.25) is 11.8 Å². The number of carboxylic acid groups (broad SMARTS) is 1. The Morgan fingerprint density at radius 2 is 1.96 bits per heavy atom. The lowest BCUT2D eigenvalue weighted by molar-refractivity contribution is -0.139. The van der Waals surface area contributed by atoms with Gasteiger partial charge < -0.3 is 20.1 Å². The molecule has 0 aliphatic carbocycles. The second-order valence-corrected chi connectivity index (χ2v) is 5.25. The first-order valence-electron chi connectivity index (χ1n) is 7.29. The third-order valence-electron chi connectivity index (χ3n) is 3.04. The Kier molecular flexibility index (Phi) is 7.59. The molecule has 0 atom stereocenters. The summed E-state index contributed by atoms with van der Waals surface area (Å²) in [4.78, 5) is 35.1. The van der Waals surface area contributed by atoms with Gasteiger partial charge in [0.1, 0.15) is 5.75 Å². The molecule has 126 valence electrons. The number of nitrogens with one attached hydrogen (secondary N) is 1. The Bertz CT molecular complexity index is 557. The van der Waals surface area contributed by atoms with Gasteiger partial charge in [0.05, 0.1) is 0 Å². The molecular weight excluding hydrogens is 300 g/mol. The minimum atomic E-state index is -1.05. The Morgan fingerprint density at radius 1 is 1.22 bits per heavy atom. The zero-order valence-corrected chi connectivity index (χ0v) is 13.4. The van der Waals surface area contributed by atoms with Crippen molar-refractivity contribution >= 4 is 17.8 Å². The van der Waals surface area contributed by atoms with Crippen LogP contribution in [0.5, 0.6) is 5.75 Å². The largest absolute Gasteiger partial charge is 0.482 e. The van der Waals surface area contributed by atoms with Crippen molar-refractivity contribution in [2.24, 2.45) is 0 Å². The van der Waals surface area contributed by atoms with Gasteiger partial charge in [-0.3, -0.25) is 9.59 Å². The van der Waals surface area contributed by atoms with Crippen LogP contribution in [0.3, 0.4) is 0 Å². The highest BCUT2D eigenvalue weighted by molar-refractivity contribution is 5.78. The van der Waals surface area contributed by atoms with Gasteiger partial charge in [-0.15, -0.1) is 0 Å². The molecular formula is C16H22N2O5. The molecule has 0 saturated heterocycles. The van der Waals surface area contributed by atoms with Crippen molar-refractivity contribution in [1.29, 1.82) is 0 Å². The summed E-state index contributed by atoms with van der Waals surface area (Å²) in [6, 6.07) is 6.87. The Morgan fingerprint density at radius 3 is 2.61 bits per heavy atom. The van der Waals surface area contributed by atoms with E-state index in [0.717, 1.165) is 5.56 Å². The van der Waals surface area contributed by atoms with Crippen LogP contribution >= 0.6 is 0 Å². The molecule has 0 aliphatic rings. The number of nitrogens with zero attached hydrogens (tertiary/aromatic N) is 1. The van der Waals surface area contributed by atoms with Gasteiger partial charge in [-0.2, -0.15) is 0 Å². The lowest BCUT2D eigenvalue weighted by Gasteiger charge is -2.10. The Hall–Kier alpha value is -2.57. The molecule has 0 heterocycles. The molecule has 2 N–H and O–H groups in total. The summed E-state index contributed by atoms with van der Waals surface area (Å²) >= 11 is 0. The molecule has 0 bridgehead atoms. The van der Waals surface area contributed by atoms with Crippen molar-refractivity contribution in [2.45, 2.75) is 25.8 Å². The standard InChI is InChI=1S/C16H22N2O5/c1-18(2)15(20)8-4-7-14(19)17-10-12-5-3-6-13(9-12)23-11-16(21)22/h3,5-6,9H,4,7-8,10-11H2,1-2H3,(H,17,19)(H,21,22). The lowest BCUT2D eigenvalue weighted by atomic mass is 10.2. The number of benzene rings is 1. The summed E-state index contributed by atoms with van der Waals surface area (Å²) in [5.41, 5.74) is 0.811. The van der Waals surface area contributed by atoms with Crippen LogP contribution in [0.1, 0.15) is 24.8 Å². The average Bonchev–Trinajstić information content (AvgIpc) is 2.51. The van der Waals surface area contributed by atoms with Crippen LogP contribution in [-0.2, 0) is 20.9 Å². The summed E-state index contributed by atoms with van der Waals surface area (Å²) in [5.74, 6) is -0.735. The van der Waals surface area contributed by atoms with E-state index in [-0.39, 0.29) is 18.2 Å². The van der Waals surface area contributed by atoms with Gasteiger partial charge in [-0.1, -0.05) is 12.1 Å². The predicted octanol–water partition coefficient (Wildman–Crippen LogP) is 1.02. The summed E-state index contributed by atoms with van der Waals surface area (Å²) < 4.78 is 5.07. The topological polar surface area (TPSA) is 95.9 Å². The molecule has 0 unspecified atom stereocenters. The molecule has 0 aromatic heterocycles. The van der Waals surface area contributed by atoms with Gasteiger partial charge in [0.15, 0.2) is 6.61 Å². The normalized spacial score (nSPS) is 10.0. The zero-order valence-electron chi connectivity index (χ0n) is 13.4. The van der Waals surface area contributed by atoms with Gasteiger partial charge in [-0.05, 0) is 24.1 Å². The van der Waals surface area contributed by atoms with Gasteiger partial charge in [-0.25, -0.2) is 4.79 Å². The molecule has 0 radical (unpaired) electrons. The van der Waals surface area contributed by atoms with E-state index in [0.29, 0.717) is 25.1 Å². The number of carboxylic acids is 1. The van der Waals surface area contributed by atoms with Crippen LogP contribution in [0.2, 0.25) is 0 Å². The number of hydrogen-bond donors (Lipinski definition) is 2. The third kappa shape index (κ3) is 7.85. The third-order valence-corrected chi connectivity index (χ3v) is 3.04. The molecule has 0 aliphatic heterocycles. The number of aliphatic carboxylic acids is 1. The fourth-order valence-corrected chi connectivity index (χ4v) is 1.80. The number of carbonyl (C=O) groups is 3. The van der Waals surface area contributed by atoms with Gasteiger partial charge in [0, 0.05) is 33.5 Å². The first kappa shape index (κ1) is 18.5. The molecule has 1 rings (SSSR count). The van der Waals surface area contributed by atoms with Gasteiger partial charge >= 0.3 is 5.97 Å². The fourth-order valence-electron chi connectivity index (χ4n) is 1.80. The molecule has 7 heteroatoms. The minimum absolute atomic E-state index is 0.00100. The van der Waals surface area contributed by atoms with Crippen molar-refractivity contribution in [3.8, 4) is 5.75 Å². The predicted molar refractivity (Wildman–Crippen MR) is 84.0 cm³/mol. The van der Waals surface area contributed by atoms with Crippen LogP contribution < -0.4 is 10.1 Å². The van der Waals surface area contributed by atoms with E-state index in [1.165, 1.54) is 4.90 Å². The maximum absolute atomic E-state index is 11.7. The fraction of sp³-hybridized carbons (Fsp3) is 0.438. The first-order chi connectivity index (χ1) is 10.9. The van der Waals surface area contributed by atoms with Crippen LogP contribution in [0.4, 0.5) is 0 Å². The summed E-state index contributed by atoms with van der Waals surface area (Å²) in [5, 5.41) is 11.3. The van der Waals surface area contributed by atoms with E-state index in [9.17, 15) is 14.4 Å². The minimum Gasteiger partial charge on any atom is -0.482 e. The maximum atomic E-state index is 11.7. The van der Waals surface area contributed by atoms with Crippen LogP contribution in [0.15, 0.2) is 24.3 Å². The highest BCUT2D eigenvalue weighted by atomic mass is 16.5. The van der Waals surface area contributed by atoms with Crippen molar-refractivity contribution in [3.05, 3.63) is 29.8 Å². The second-order valence-electron chi connectivity index (χ2n) is 5.25. The van der Waals surface area contributed by atoms with E-state index in [1.807, 2.05) is 6.07 Å². The Labute approximate surface area is 135 Å². The molecule has 1 aromatic carbocycles. The first-order valence-corrected chi connectivity index (χ1v) is 7.29. The van der Waals surface area contributed by atoms with Crippen LogP contribution in [-0.4, -0.2) is 48.5 Å². The zero-order chi connectivity index (χ0) is 17.2. The maximum Gasteiger partial charge on any atom is 0.341 e. The summed E-state index contributed by atoms with van der Waals surface area (Å²) in [6.45, 7) is -0.0829. The number of ether oxygens (including phenoxy) is 1. The van der Waals surface area contributed by atoms with E-state index in [2.05, 4.69) is 5.32 Å². The molecule has 0 spiro atoms. The molecule has 2 amide bonds. The number of rotatable bonds is 9. The van der Waals surface area contributed by atoms with Crippen molar-refractivity contribution in [3.63, 3.8) is 0 Å². The highest BCUT2D eigenvalue weighted by Gasteiger charge is 2.07. The van der Waals surface area contributed by atoms with E-state index in [4.69, 9.17) is 9.84 Å². The van der Waals surface area contributed by atoms with Crippen molar-refractivity contribution < 1.29 is 24.2 Å². The SMILES string of the molecule is CN(C)C(=O)CCCC(=O)NCc1cccc(OCC(=O)O)c1. The van der Waals surface area contributed by atoms with E-state index >= 15 is 0 Å². The molecule has 23 heavy (non-hydrogen) atoms. The quantitative estimate of drug-likeness (QED) is 0.708. The number of carbonyl (C=O) groups excluding carboxylic acids is 2. The van der Waals surface area contributed by atoms with Crippen molar-refractivity contribution in [2.75, 3.05) is 20.7 Å². The van der Waals surface area contributed by atoms with Crippen LogP contribution in [0.25, 0.3) is 0 Å². The van der Waals surface area contributed by atoms with Crippen LogP contribution in [0, 0.1) is 0 Å². The summed E-state index contributed by atoms with van der Waals surface area (Å²) in [6.07, 6.45) is 1.14. The number of hydrogen-bond acceptors (Lipinski definition) is 4. The molecule has 7 nitrogen and oxygen atoms in total. The Balaban J connectivity index is 2.34. The monoisotopic (exact) mass is 322 g/mol. The number of amides is 2.